The van der Waals surface area contributed by atoms with Crippen molar-refractivity contribution in [1.82, 2.24) is 9.47 Å². The molecule has 0 fully saturated rings. The molecule has 0 N–H and O–H groups in total. The summed E-state index contributed by atoms with van der Waals surface area (Å²) in [5.41, 5.74) is 3.43. The Bertz CT molecular complexity index is 1770. The molecule has 1 aliphatic heterocycles. The van der Waals surface area contributed by atoms with Crippen LogP contribution in [0.2, 0.25) is 0 Å². The summed E-state index contributed by atoms with van der Waals surface area (Å²) in [6, 6.07) is 24.4. The second kappa shape index (κ2) is 12.4. The minimum atomic E-state index is -0.678. The minimum absolute atomic E-state index is 0.138. The third-order valence-electron chi connectivity index (χ3n) is 7.18. The van der Waals surface area contributed by atoms with E-state index in [4.69, 9.17) is 14.5 Å². The fourth-order valence-electron chi connectivity index (χ4n) is 5.07. The zero-order valence-corrected chi connectivity index (χ0v) is 24.5. The van der Waals surface area contributed by atoms with E-state index in [1.165, 1.54) is 11.3 Å². The maximum absolute atomic E-state index is 14.1. The Labute approximate surface area is 243 Å². The van der Waals surface area contributed by atoms with Crippen LogP contribution in [-0.4, -0.2) is 35.6 Å². The molecule has 1 atom stereocenters. The topological polar surface area (TPSA) is 73.1 Å². The van der Waals surface area contributed by atoms with Crippen LogP contribution < -0.4 is 24.4 Å². The van der Waals surface area contributed by atoms with Gasteiger partial charge in [-0.15, -0.1) is 0 Å². The zero-order chi connectivity index (χ0) is 28.9. The summed E-state index contributed by atoms with van der Waals surface area (Å²) in [6.07, 6.45) is 1.84. The molecule has 0 spiro atoms. The first-order valence-corrected chi connectivity index (χ1v) is 14.5. The molecule has 4 aromatic rings. The van der Waals surface area contributed by atoms with E-state index in [2.05, 4.69) is 0 Å². The maximum Gasteiger partial charge on any atom is 0.271 e. The molecule has 0 unspecified atom stereocenters. The van der Waals surface area contributed by atoms with Crippen LogP contribution in [0.4, 0.5) is 0 Å². The van der Waals surface area contributed by atoms with E-state index in [1.54, 1.807) is 16.6 Å². The molecule has 41 heavy (non-hydrogen) atoms. The molecular formula is C33H33N3O4S. The van der Waals surface area contributed by atoms with Crippen LogP contribution in [0.1, 0.15) is 43.5 Å². The van der Waals surface area contributed by atoms with Gasteiger partial charge in [0.25, 0.3) is 11.5 Å². The monoisotopic (exact) mass is 567 g/mol. The summed E-state index contributed by atoms with van der Waals surface area (Å²) < 4.78 is 14.0. The van der Waals surface area contributed by atoms with Gasteiger partial charge in [-0.2, -0.15) is 0 Å². The van der Waals surface area contributed by atoms with Gasteiger partial charge in [-0.05, 0) is 44.5 Å². The third kappa shape index (κ3) is 5.60. The van der Waals surface area contributed by atoms with Crippen molar-refractivity contribution in [3.05, 3.63) is 127 Å². The van der Waals surface area contributed by atoms with Gasteiger partial charge in [0, 0.05) is 24.2 Å². The summed E-state index contributed by atoms with van der Waals surface area (Å²) in [5, 5.41) is 0. The summed E-state index contributed by atoms with van der Waals surface area (Å²) in [6.45, 7) is 7.24. The second-order valence-electron chi connectivity index (χ2n) is 9.61. The Morgan fingerprint density at radius 3 is 2.34 bits per heavy atom. The first-order chi connectivity index (χ1) is 20.0. The van der Waals surface area contributed by atoms with Crippen LogP contribution in [0.15, 0.2) is 99.9 Å². The van der Waals surface area contributed by atoms with Crippen LogP contribution in [0.5, 0.6) is 11.5 Å². The van der Waals surface area contributed by atoms with E-state index in [1.807, 2.05) is 106 Å². The van der Waals surface area contributed by atoms with Crippen molar-refractivity contribution in [1.29, 1.82) is 0 Å². The lowest BCUT2D eigenvalue weighted by atomic mass is 9.94. The van der Waals surface area contributed by atoms with E-state index in [9.17, 15) is 9.59 Å². The summed E-state index contributed by atoms with van der Waals surface area (Å²) in [5.74, 6) is 1.14. The lowest BCUT2D eigenvalue weighted by molar-refractivity contribution is -0.127. The predicted octanol–water partition coefficient (Wildman–Crippen LogP) is 4.69. The molecule has 7 nitrogen and oxygen atoms in total. The van der Waals surface area contributed by atoms with Gasteiger partial charge in [0.05, 0.1) is 22.9 Å². The fourth-order valence-corrected chi connectivity index (χ4v) is 6.11. The van der Waals surface area contributed by atoms with E-state index in [0.717, 1.165) is 16.7 Å². The van der Waals surface area contributed by atoms with Crippen molar-refractivity contribution in [2.75, 3.05) is 20.2 Å². The van der Waals surface area contributed by atoms with Crippen LogP contribution in [0.3, 0.4) is 0 Å². The van der Waals surface area contributed by atoms with Crippen molar-refractivity contribution in [3.8, 4) is 11.5 Å². The molecule has 2 heterocycles. The molecule has 1 aliphatic rings. The number of benzene rings is 3. The summed E-state index contributed by atoms with van der Waals surface area (Å²) in [4.78, 5) is 35.0. The average molecular weight is 568 g/mol. The maximum atomic E-state index is 14.1. The molecule has 0 saturated heterocycles. The molecular weight excluding hydrogens is 534 g/mol. The van der Waals surface area contributed by atoms with Gasteiger partial charge in [-0.25, -0.2) is 4.99 Å². The van der Waals surface area contributed by atoms with Gasteiger partial charge < -0.3 is 14.4 Å². The Morgan fingerprint density at radius 2 is 1.63 bits per heavy atom. The number of hydrogen-bond acceptors (Lipinski definition) is 6. The standard InChI is InChI=1S/C33H33N3O4S/c1-5-35(6-2)32(38)29-22(3)34-33-36(30(29)25-17-11-13-19-27(25)39-4)31(37)28(41-33)20-24-16-10-12-18-26(24)40-21-23-14-8-7-9-15-23/h7-20,30H,5-6,21H2,1-4H3/b28-20+/t30-/m1/s1. The largest absolute Gasteiger partial charge is 0.496 e. The normalized spacial score (nSPS) is 14.8. The van der Waals surface area contributed by atoms with Crippen molar-refractivity contribution >= 4 is 23.3 Å². The first-order valence-electron chi connectivity index (χ1n) is 13.7. The van der Waals surface area contributed by atoms with Crippen LogP contribution in [0, 0.1) is 0 Å². The van der Waals surface area contributed by atoms with Gasteiger partial charge in [0.1, 0.15) is 24.1 Å². The van der Waals surface area contributed by atoms with Crippen molar-refractivity contribution in [2.45, 2.75) is 33.4 Å². The number of ether oxygens (including phenoxy) is 2. The minimum Gasteiger partial charge on any atom is -0.496 e. The number of carbonyl (C=O) groups excluding carboxylic acids is 1. The first kappa shape index (κ1) is 28.1. The molecule has 3 aromatic carbocycles. The van der Waals surface area contributed by atoms with E-state index >= 15 is 0 Å². The highest BCUT2D eigenvalue weighted by atomic mass is 32.1. The molecule has 8 heteroatoms. The van der Waals surface area contributed by atoms with Gasteiger partial charge >= 0.3 is 0 Å². The highest BCUT2D eigenvalue weighted by Gasteiger charge is 2.35. The number of nitrogens with zero attached hydrogens (tertiary/aromatic N) is 3. The van der Waals surface area contributed by atoms with Crippen molar-refractivity contribution in [3.63, 3.8) is 0 Å². The Balaban J connectivity index is 1.65. The predicted molar refractivity (Wildman–Crippen MR) is 162 cm³/mol. The van der Waals surface area contributed by atoms with E-state index in [0.29, 0.717) is 51.8 Å². The van der Waals surface area contributed by atoms with E-state index < -0.39 is 6.04 Å². The number of thiazole rings is 1. The average Bonchev–Trinajstić information content (AvgIpc) is 3.30. The fraction of sp³-hybridized carbons (Fsp3) is 0.242. The number of likely N-dealkylation sites (N-methyl/N-ethyl adjacent to an activating group) is 1. The lowest BCUT2D eigenvalue weighted by Gasteiger charge is -2.29. The Kier molecular flexibility index (Phi) is 8.50. The van der Waals surface area contributed by atoms with Crippen LogP contribution in [-0.2, 0) is 11.4 Å². The number of carbonyl (C=O) groups is 1. The smallest absolute Gasteiger partial charge is 0.271 e. The highest BCUT2D eigenvalue weighted by molar-refractivity contribution is 7.07. The number of amides is 1. The third-order valence-corrected chi connectivity index (χ3v) is 8.16. The second-order valence-corrected chi connectivity index (χ2v) is 10.6. The SMILES string of the molecule is CCN(CC)C(=O)C1=C(C)N=c2s/c(=C/c3ccccc3OCc3ccccc3)c(=O)n2[C@@H]1c1ccccc1OC. The number of aromatic nitrogens is 1. The van der Waals surface area contributed by atoms with E-state index in [-0.39, 0.29) is 11.5 Å². The highest BCUT2D eigenvalue weighted by Crippen LogP contribution is 2.36. The van der Waals surface area contributed by atoms with Gasteiger partial charge in [-0.3, -0.25) is 14.2 Å². The molecule has 0 radical (unpaired) electrons. The Morgan fingerprint density at radius 1 is 0.976 bits per heavy atom. The van der Waals surface area contributed by atoms with Crippen LogP contribution in [0.25, 0.3) is 6.08 Å². The van der Waals surface area contributed by atoms with Crippen molar-refractivity contribution in [2.24, 2.45) is 4.99 Å². The van der Waals surface area contributed by atoms with Gasteiger partial charge in [0.2, 0.25) is 0 Å². The number of allylic oxidation sites excluding steroid dienone is 1. The van der Waals surface area contributed by atoms with Gasteiger partial charge in [-0.1, -0.05) is 78.1 Å². The number of para-hydroxylation sites is 2. The molecule has 0 saturated carbocycles. The lowest BCUT2D eigenvalue weighted by Crippen LogP contribution is -2.43. The summed E-state index contributed by atoms with van der Waals surface area (Å²) >= 11 is 1.30. The number of rotatable bonds is 9. The molecule has 0 bridgehead atoms. The Hall–Kier alpha value is -4.43. The van der Waals surface area contributed by atoms with Crippen molar-refractivity contribution < 1.29 is 14.3 Å². The quantitative estimate of drug-likeness (QED) is 0.294. The molecule has 1 amide bonds. The summed E-state index contributed by atoms with van der Waals surface area (Å²) in [7, 11) is 1.59. The van der Waals surface area contributed by atoms with Gasteiger partial charge in [0.15, 0.2) is 4.80 Å². The molecule has 1 aromatic heterocycles. The molecule has 5 rings (SSSR count). The number of hydrogen-bond donors (Lipinski definition) is 0. The number of fused-ring (bicyclic) bond motifs is 1. The number of methoxy groups -OCH3 is 1. The van der Waals surface area contributed by atoms with Crippen LogP contribution >= 0.6 is 11.3 Å². The molecule has 210 valence electrons. The zero-order valence-electron chi connectivity index (χ0n) is 23.7. The molecule has 0 aliphatic carbocycles.